The topological polar surface area (TPSA) is 64.6 Å². The predicted molar refractivity (Wildman–Crippen MR) is 263 cm³/mol. The molecule has 0 aromatic rings. The van der Waals surface area contributed by atoms with Gasteiger partial charge in [-0.15, -0.1) is 0 Å². The molecule has 0 aromatic heterocycles. The van der Waals surface area contributed by atoms with Gasteiger partial charge >= 0.3 is 11.9 Å². The van der Waals surface area contributed by atoms with Crippen molar-refractivity contribution in [3.63, 3.8) is 0 Å². The average Bonchev–Trinajstić information content (AvgIpc) is 3.25. The predicted octanol–water partition coefficient (Wildman–Crippen LogP) is 17.7. The molecule has 0 aromatic carbocycles. The molecule has 0 spiro atoms. The van der Waals surface area contributed by atoms with Crippen molar-refractivity contribution in [1.82, 2.24) is 5.32 Å². The molecular formula is C55H109NO4. The number of hydrogen-bond donors (Lipinski definition) is 1. The molecule has 0 saturated carbocycles. The van der Waals surface area contributed by atoms with Gasteiger partial charge in [0.2, 0.25) is 0 Å². The van der Waals surface area contributed by atoms with Gasteiger partial charge < -0.3 is 14.8 Å². The van der Waals surface area contributed by atoms with Crippen LogP contribution in [0.4, 0.5) is 0 Å². The van der Waals surface area contributed by atoms with Gasteiger partial charge in [-0.2, -0.15) is 0 Å². The maximum Gasteiger partial charge on any atom is 0.305 e. The summed E-state index contributed by atoms with van der Waals surface area (Å²) in [6.07, 6.45) is 51.7. The van der Waals surface area contributed by atoms with Gasteiger partial charge in [-0.05, 0) is 76.2 Å². The number of rotatable bonds is 50. The molecule has 0 radical (unpaired) electrons. The second-order valence-corrected chi connectivity index (χ2v) is 19.2. The lowest BCUT2D eigenvalue weighted by Crippen LogP contribution is -2.30. The first-order chi connectivity index (χ1) is 29.5. The van der Waals surface area contributed by atoms with E-state index >= 15 is 0 Å². The molecule has 1 N–H and O–H groups in total. The SMILES string of the molecule is CCCCCCCCCCNC(CCCCCC(=O)OCC(CCCCCC)CCCCCCCC)CCCCCC(=O)OCC(CCCCCC)CCCCCCCC. The number of ether oxygens (including phenoxy) is 2. The van der Waals surface area contributed by atoms with Crippen molar-refractivity contribution in [3.8, 4) is 0 Å². The van der Waals surface area contributed by atoms with Crippen LogP contribution in [0.1, 0.15) is 304 Å². The maximum absolute atomic E-state index is 12.8. The highest BCUT2D eigenvalue weighted by Gasteiger charge is 2.15. The highest BCUT2D eigenvalue weighted by Crippen LogP contribution is 2.22. The van der Waals surface area contributed by atoms with Crippen molar-refractivity contribution < 1.29 is 19.1 Å². The Morgan fingerprint density at radius 2 is 0.600 bits per heavy atom. The summed E-state index contributed by atoms with van der Waals surface area (Å²) in [4.78, 5) is 25.5. The summed E-state index contributed by atoms with van der Waals surface area (Å²) in [7, 11) is 0. The third kappa shape index (κ3) is 43.5. The van der Waals surface area contributed by atoms with Crippen molar-refractivity contribution in [3.05, 3.63) is 0 Å². The molecule has 0 rings (SSSR count). The highest BCUT2D eigenvalue weighted by atomic mass is 16.5. The highest BCUT2D eigenvalue weighted by molar-refractivity contribution is 5.69. The van der Waals surface area contributed by atoms with Gasteiger partial charge in [-0.25, -0.2) is 0 Å². The second kappa shape index (κ2) is 48.9. The molecule has 2 atom stereocenters. The zero-order chi connectivity index (χ0) is 43.8. The van der Waals surface area contributed by atoms with E-state index in [0.717, 1.165) is 45.1 Å². The van der Waals surface area contributed by atoms with Gasteiger partial charge in [-0.3, -0.25) is 9.59 Å². The van der Waals surface area contributed by atoms with Gasteiger partial charge in [-0.1, -0.05) is 234 Å². The Labute approximate surface area is 377 Å². The van der Waals surface area contributed by atoms with Crippen molar-refractivity contribution in [2.45, 2.75) is 310 Å². The number of carbonyl (C=O) groups is 2. The van der Waals surface area contributed by atoms with Crippen molar-refractivity contribution in [2.75, 3.05) is 19.8 Å². The fourth-order valence-electron chi connectivity index (χ4n) is 8.92. The lowest BCUT2D eigenvalue weighted by Gasteiger charge is -2.19. The maximum atomic E-state index is 12.8. The Morgan fingerprint density at radius 3 is 0.950 bits per heavy atom. The van der Waals surface area contributed by atoms with Crippen LogP contribution in [0.15, 0.2) is 0 Å². The van der Waals surface area contributed by atoms with Crippen LogP contribution in [0.3, 0.4) is 0 Å². The van der Waals surface area contributed by atoms with Crippen LogP contribution >= 0.6 is 0 Å². The first-order valence-corrected chi connectivity index (χ1v) is 27.5. The van der Waals surface area contributed by atoms with E-state index in [4.69, 9.17) is 9.47 Å². The molecule has 0 aliphatic rings. The summed E-state index contributed by atoms with van der Waals surface area (Å²) in [5, 5.41) is 3.92. The van der Waals surface area contributed by atoms with Crippen LogP contribution in [-0.2, 0) is 19.1 Å². The molecule has 5 nitrogen and oxygen atoms in total. The number of carbonyl (C=O) groups excluding carboxylic acids is 2. The van der Waals surface area contributed by atoms with E-state index in [2.05, 4.69) is 39.9 Å². The van der Waals surface area contributed by atoms with Crippen LogP contribution in [0.25, 0.3) is 0 Å². The Bertz CT molecular complexity index is 805. The quantitative estimate of drug-likeness (QED) is 0.0488. The molecule has 0 amide bonds. The Balaban J connectivity index is 4.66. The zero-order valence-corrected chi connectivity index (χ0v) is 41.7. The van der Waals surface area contributed by atoms with Crippen LogP contribution < -0.4 is 5.32 Å². The van der Waals surface area contributed by atoms with E-state index in [0.29, 0.717) is 43.9 Å². The van der Waals surface area contributed by atoms with Crippen molar-refractivity contribution >= 4 is 11.9 Å². The standard InChI is InChI=1S/C55H109NO4/c1-6-11-16-21-24-25-28-39-48-56-53(44-35-29-37-46-54(57)59-49-51(40-31-19-14-9-4)42-33-26-22-17-12-7-2)45-36-30-38-47-55(58)60-50-52(41-32-20-15-10-5)43-34-27-23-18-13-8-3/h51-53,56H,6-50H2,1-5H3. The van der Waals surface area contributed by atoms with Gasteiger partial charge in [0.05, 0.1) is 13.2 Å². The van der Waals surface area contributed by atoms with Crippen LogP contribution in [0.5, 0.6) is 0 Å². The molecule has 0 aliphatic heterocycles. The van der Waals surface area contributed by atoms with Crippen LogP contribution in [-0.4, -0.2) is 37.7 Å². The molecule has 0 fully saturated rings. The minimum absolute atomic E-state index is 0.0136. The summed E-state index contributed by atoms with van der Waals surface area (Å²) in [5.74, 6) is 1.10. The fraction of sp³-hybridized carbons (Fsp3) is 0.964. The monoisotopic (exact) mass is 848 g/mol. The molecule has 0 aliphatic carbocycles. The van der Waals surface area contributed by atoms with Gasteiger partial charge in [0, 0.05) is 18.9 Å². The molecule has 5 heteroatoms. The van der Waals surface area contributed by atoms with Crippen molar-refractivity contribution in [1.29, 1.82) is 0 Å². The van der Waals surface area contributed by atoms with E-state index in [9.17, 15) is 9.59 Å². The molecule has 0 bridgehead atoms. The van der Waals surface area contributed by atoms with E-state index in [1.807, 2.05) is 0 Å². The second-order valence-electron chi connectivity index (χ2n) is 19.2. The van der Waals surface area contributed by atoms with Crippen LogP contribution in [0.2, 0.25) is 0 Å². The molecule has 60 heavy (non-hydrogen) atoms. The minimum Gasteiger partial charge on any atom is -0.465 e. The summed E-state index contributed by atoms with van der Waals surface area (Å²) in [6, 6.07) is 0.527. The molecular weight excluding hydrogens is 739 g/mol. The number of nitrogens with one attached hydrogen (secondary N) is 1. The first-order valence-electron chi connectivity index (χ1n) is 27.5. The zero-order valence-electron chi connectivity index (χ0n) is 41.7. The first kappa shape index (κ1) is 58.9. The van der Waals surface area contributed by atoms with Crippen molar-refractivity contribution in [2.24, 2.45) is 11.8 Å². The number of esters is 2. The molecule has 0 heterocycles. The van der Waals surface area contributed by atoms with E-state index in [1.54, 1.807) is 0 Å². The van der Waals surface area contributed by atoms with E-state index < -0.39 is 0 Å². The molecule has 358 valence electrons. The summed E-state index contributed by atoms with van der Waals surface area (Å²) >= 11 is 0. The summed E-state index contributed by atoms with van der Waals surface area (Å²) in [5.41, 5.74) is 0. The third-order valence-corrected chi connectivity index (χ3v) is 13.2. The minimum atomic E-state index is 0.0136. The summed E-state index contributed by atoms with van der Waals surface area (Å²) < 4.78 is 11.8. The lowest BCUT2D eigenvalue weighted by molar-refractivity contribution is -0.146. The number of hydrogen-bond acceptors (Lipinski definition) is 5. The Morgan fingerprint density at radius 1 is 0.333 bits per heavy atom. The smallest absolute Gasteiger partial charge is 0.305 e. The largest absolute Gasteiger partial charge is 0.465 e. The van der Waals surface area contributed by atoms with Crippen LogP contribution in [0, 0.1) is 11.8 Å². The molecule has 2 unspecified atom stereocenters. The lowest BCUT2D eigenvalue weighted by atomic mass is 9.95. The van der Waals surface area contributed by atoms with E-state index in [1.165, 1.54) is 218 Å². The summed E-state index contributed by atoms with van der Waals surface area (Å²) in [6.45, 7) is 13.8. The fourth-order valence-corrected chi connectivity index (χ4v) is 8.92. The number of unbranched alkanes of at least 4 members (excludes halogenated alkanes) is 27. The third-order valence-electron chi connectivity index (χ3n) is 13.2. The van der Waals surface area contributed by atoms with Gasteiger partial charge in [0.15, 0.2) is 0 Å². The Kier molecular flexibility index (Phi) is 48.0. The average molecular weight is 848 g/mol. The Hall–Kier alpha value is -1.10. The van der Waals surface area contributed by atoms with Gasteiger partial charge in [0.1, 0.15) is 0 Å². The van der Waals surface area contributed by atoms with Gasteiger partial charge in [0.25, 0.3) is 0 Å². The molecule has 0 saturated heterocycles. The van der Waals surface area contributed by atoms with E-state index in [-0.39, 0.29) is 11.9 Å². The normalized spacial score (nSPS) is 13.1.